The molecule has 2 aromatic rings. The van der Waals surface area contributed by atoms with Crippen LogP contribution >= 0.6 is 0 Å². The third-order valence-corrected chi connectivity index (χ3v) is 4.52. The van der Waals surface area contributed by atoms with E-state index >= 15 is 0 Å². The molecular formula is C22H18FN3O4. The Hall–Kier alpha value is -3.94. The van der Waals surface area contributed by atoms with E-state index in [1.165, 1.54) is 24.3 Å². The van der Waals surface area contributed by atoms with Gasteiger partial charge < -0.3 is 14.3 Å². The van der Waals surface area contributed by atoms with Crippen LogP contribution in [0, 0.1) is 11.2 Å². The van der Waals surface area contributed by atoms with Gasteiger partial charge in [-0.25, -0.2) is 4.39 Å². The lowest BCUT2D eigenvalue weighted by atomic mass is 10.1. The van der Waals surface area contributed by atoms with E-state index in [0.717, 1.165) is 0 Å². The number of allylic oxidation sites excluding steroid dienone is 1. The summed E-state index contributed by atoms with van der Waals surface area (Å²) in [4.78, 5) is 21.7. The predicted octanol–water partition coefficient (Wildman–Crippen LogP) is 3.86. The molecule has 0 saturated heterocycles. The molecule has 0 aliphatic carbocycles. The Labute approximate surface area is 172 Å². The Morgan fingerprint density at radius 3 is 2.80 bits per heavy atom. The molecule has 0 fully saturated rings. The van der Waals surface area contributed by atoms with Gasteiger partial charge in [0.05, 0.1) is 12.7 Å². The number of rotatable bonds is 5. The van der Waals surface area contributed by atoms with Gasteiger partial charge in [0, 0.05) is 11.6 Å². The van der Waals surface area contributed by atoms with E-state index in [2.05, 4.69) is 4.99 Å². The number of nitrogens with zero attached hydrogens (tertiary/aromatic N) is 2. The molecule has 8 heteroatoms. The first-order valence-electron chi connectivity index (χ1n) is 9.10. The Morgan fingerprint density at radius 2 is 2.03 bits per heavy atom. The van der Waals surface area contributed by atoms with Gasteiger partial charge >= 0.3 is 0 Å². The Bertz CT molecular complexity index is 1140. The zero-order valence-corrected chi connectivity index (χ0v) is 16.3. The van der Waals surface area contributed by atoms with Gasteiger partial charge in [0.25, 0.3) is 5.91 Å². The van der Waals surface area contributed by atoms with Gasteiger partial charge in [-0.15, -0.1) is 5.06 Å². The molecule has 30 heavy (non-hydrogen) atoms. The molecule has 0 unspecified atom stereocenters. The fourth-order valence-corrected chi connectivity index (χ4v) is 3.03. The maximum atomic E-state index is 13.8. The lowest BCUT2D eigenvalue weighted by Gasteiger charge is -2.23. The third kappa shape index (κ3) is 3.67. The number of carbonyl (C=O) groups excluding carboxylic acids is 1. The Morgan fingerprint density at radius 1 is 1.23 bits per heavy atom. The normalized spacial score (nSPS) is 16.8. The second-order valence-corrected chi connectivity index (χ2v) is 6.61. The Kier molecular flexibility index (Phi) is 5.05. The minimum Gasteiger partial charge on any atom is -0.493 e. The van der Waals surface area contributed by atoms with E-state index < -0.39 is 5.91 Å². The average molecular weight is 407 g/mol. The monoisotopic (exact) mass is 407 g/mol. The lowest BCUT2D eigenvalue weighted by molar-refractivity contribution is -0.114. The van der Waals surface area contributed by atoms with Crippen molar-refractivity contribution >= 4 is 23.7 Å². The number of benzene rings is 2. The number of amidine groups is 2. The van der Waals surface area contributed by atoms with Crippen LogP contribution in [0.15, 0.2) is 64.9 Å². The molecule has 0 spiro atoms. The predicted molar refractivity (Wildman–Crippen MR) is 109 cm³/mol. The molecule has 2 heterocycles. The zero-order chi connectivity index (χ0) is 21.3. The van der Waals surface area contributed by atoms with Gasteiger partial charge in [-0.3, -0.25) is 10.2 Å². The molecule has 152 valence electrons. The SMILES string of the molecule is COc1cc(/C=C2\C(=N)N3OC(C)=CC3=NC2=O)ccc1OCc1ccccc1F. The number of hydrogen-bond donors (Lipinski definition) is 1. The number of fused-ring (bicyclic) bond motifs is 1. The highest BCUT2D eigenvalue weighted by molar-refractivity contribution is 6.32. The molecule has 0 bridgehead atoms. The van der Waals surface area contributed by atoms with Gasteiger partial charge in [-0.05, 0) is 36.8 Å². The first-order valence-corrected chi connectivity index (χ1v) is 9.10. The summed E-state index contributed by atoms with van der Waals surface area (Å²) in [5.74, 6) is 0.697. The molecule has 0 saturated carbocycles. The number of carbonyl (C=O) groups is 1. The average Bonchev–Trinajstić information content (AvgIpc) is 3.11. The van der Waals surface area contributed by atoms with Crippen LogP contribution < -0.4 is 9.47 Å². The summed E-state index contributed by atoms with van der Waals surface area (Å²) in [5, 5.41) is 9.47. The van der Waals surface area contributed by atoms with Crippen molar-refractivity contribution in [2.75, 3.05) is 7.11 Å². The molecule has 4 rings (SSSR count). The molecule has 2 aromatic carbocycles. The molecule has 2 aliphatic heterocycles. The summed E-state index contributed by atoms with van der Waals surface area (Å²) in [6.45, 7) is 1.76. The zero-order valence-electron chi connectivity index (χ0n) is 16.3. The van der Waals surface area contributed by atoms with E-state index in [4.69, 9.17) is 19.7 Å². The van der Waals surface area contributed by atoms with Crippen LogP contribution in [0.5, 0.6) is 11.5 Å². The van der Waals surface area contributed by atoms with Crippen molar-refractivity contribution in [3.63, 3.8) is 0 Å². The number of hydroxylamine groups is 2. The first kappa shape index (κ1) is 19.4. The van der Waals surface area contributed by atoms with E-state index in [0.29, 0.717) is 28.4 Å². The first-order chi connectivity index (χ1) is 14.5. The van der Waals surface area contributed by atoms with Gasteiger partial charge in [-0.1, -0.05) is 24.3 Å². The van der Waals surface area contributed by atoms with Gasteiger partial charge in [0.15, 0.2) is 23.2 Å². The molecule has 0 radical (unpaired) electrons. The maximum absolute atomic E-state index is 13.8. The summed E-state index contributed by atoms with van der Waals surface area (Å²) >= 11 is 0. The van der Waals surface area contributed by atoms with E-state index in [1.807, 2.05) is 0 Å². The number of ether oxygens (including phenoxy) is 2. The van der Waals surface area contributed by atoms with Gasteiger partial charge in [0.1, 0.15) is 18.2 Å². The molecular weight excluding hydrogens is 389 g/mol. The minimum atomic E-state index is -0.528. The summed E-state index contributed by atoms with van der Waals surface area (Å²) in [5.41, 5.74) is 1.12. The topological polar surface area (TPSA) is 84.2 Å². The molecule has 1 amide bonds. The summed E-state index contributed by atoms with van der Waals surface area (Å²) < 4.78 is 24.9. The third-order valence-electron chi connectivity index (χ3n) is 4.52. The van der Waals surface area contributed by atoms with Crippen molar-refractivity contribution in [1.29, 1.82) is 5.41 Å². The van der Waals surface area contributed by atoms with Crippen LogP contribution in [0.2, 0.25) is 0 Å². The van der Waals surface area contributed by atoms with Gasteiger partial charge in [0.2, 0.25) is 0 Å². The van der Waals surface area contributed by atoms with Crippen LogP contribution in [-0.4, -0.2) is 29.8 Å². The van der Waals surface area contributed by atoms with Gasteiger partial charge in [-0.2, -0.15) is 4.99 Å². The summed E-state index contributed by atoms with van der Waals surface area (Å²) in [6, 6.07) is 11.4. The van der Waals surface area contributed by atoms with E-state index in [9.17, 15) is 9.18 Å². The van der Waals surface area contributed by atoms with Crippen molar-refractivity contribution < 1.29 is 23.5 Å². The van der Waals surface area contributed by atoms with Crippen LogP contribution in [-0.2, 0) is 16.2 Å². The van der Waals surface area contributed by atoms with Crippen molar-refractivity contribution in [2.45, 2.75) is 13.5 Å². The Balaban J connectivity index is 1.57. The smallest absolute Gasteiger partial charge is 0.282 e. The highest BCUT2D eigenvalue weighted by Crippen LogP contribution is 2.31. The number of hydrogen-bond acceptors (Lipinski definition) is 5. The number of aliphatic imine (C=N–C) groups is 1. The summed E-state index contributed by atoms with van der Waals surface area (Å²) in [6.07, 6.45) is 3.12. The lowest BCUT2D eigenvalue weighted by Crippen LogP contribution is -2.38. The maximum Gasteiger partial charge on any atom is 0.282 e. The van der Waals surface area contributed by atoms with E-state index in [1.54, 1.807) is 49.4 Å². The number of amides is 1. The largest absolute Gasteiger partial charge is 0.493 e. The van der Waals surface area contributed by atoms with Crippen molar-refractivity contribution in [3.05, 3.63) is 76.8 Å². The molecule has 2 aliphatic rings. The quantitative estimate of drug-likeness (QED) is 0.761. The van der Waals surface area contributed by atoms with Crippen LogP contribution in [0.25, 0.3) is 6.08 Å². The van der Waals surface area contributed by atoms with Crippen LogP contribution in [0.4, 0.5) is 4.39 Å². The number of nitrogens with one attached hydrogen (secondary N) is 1. The number of methoxy groups -OCH3 is 1. The molecule has 7 nitrogen and oxygen atoms in total. The highest BCUT2D eigenvalue weighted by Gasteiger charge is 2.34. The molecule has 0 atom stereocenters. The standard InChI is InChI=1S/C22H18FN3O4/c1-13-9-20-25-22(27)16(21(24)26(20)30-13)10-14-7-8-18(19(11-14)28-2)29-12-15-5-3-4-6-17(15)23/h3-11,24H,12H2,1-2H3/b16-10+,24-21?. The van der Waals surface area contributed by atoms with Crippen molar-refractivity contribution in [3.8, 4) is 11.5 Å². The summed E-state index contributed by atoms with van der Waals surface area (Å²) in [7, 11) is 1.49. The van der Waals surface area contributed by atoms with E-state index in [-0.39, 0.29) is 29.7 Å². The highest BCUT2D eigenvalue weighted by atomic mass is 19.1. The van der Waals surface area contributed by atoms with Crippen molar-refractivity contribution in [2.24, 2.45) is 4.99 Å². The molecule has 1 N–H and O–H groups in total. The number of halogens is 1. The van der Waals surface area contributed by atoms with Crippen LogP contribution in [0.1, 0.15) is 18.1 Å². The fraction of sp³-hybridized carbons (Fsp3) is 0.136. The minimum absolute atomic E-state index is 0.0444. The molecule has 0 aromatic heterocycles. The van der Waals surface area contributed by atoms with Crippen LogP contribution in [0.3, 0.4) is 0 Å². The fourth-order valence-electron chi connectivity index (χ4n) is 3.03. The second-order valence-electron chi connectivity index (χ2n) is 6.61. The second kappa shape index (κ2) is 7.82. The van der Waals surface area contributed by atoms with Crippen molar-refractivity contribution in [1.82, 2.24) is 5.06 Å².